The average Bonchev–Trinajstić information content (AvgIpc) is 3.93. The van der Waals surface area contributed by atoms with Gasteiger partial charge in [-0.2, -0.15) is 0 Å². The number of aryl methyl sites for hydroxylation is 1. The van der Waals surface area contributed by atoms with E-state index in [-0.39, 0.29) is 0 Å². The first-order chi connectivity index (χ1) is 35.2. The van der Waals surface area contributed by atoms with Crippen molar-refractivity contribution in [3.63, 3.8) is 0 Å². The van der Waals surface area contributed by atoms with E-state index in [0.717, 1.165) is 111 Å². The van der Waals surface area contributed by atoms with E-state index in [1.54, 1.807) is 6.33 Å². The van der Waals surface area contributed by atoms with E-state index in [0.29, 0.717) is 0 Å². The van der Waals surface area contributed by atoms with Gasteiger partial charge in [0.15, 0.2) is 0 Å². The predicted molar refractivity (Wildman–Crippen MR) is 332 cm³/mol. The number of imidazole rings is 1. The molecule has 0 atom stereocenters. The molecule has 72 heavy (non-hydrogen) atoms. The summed E-state index contributed by atoms with van der Waals surface area (Å²) in [5.74, 6) is 0. The zero-order chi connectivity index (χ0) is 55.8. The van der Waals surface area contributed by atoms with Crippen molar-refractivity contribution in [2.24, 2.45) is 45.9 Å². The van der Waals surface area contributed by atoms with Crippen molar-refractivity contribution in [2.75, 3.05) is 91.6 Å². The van der Waals surface area contributed by atoms with Gasteiger partial charge in [-0.1, -0.05) is 191 Å². The third kappa shape index (κ3) is 133. The lowest BCUT2D eigenvalue weighted by Crippen LogP contribution is -2.19. The first kappa shape index (κ1) is 87.4. The Morgan fingerprint density at radius 2 is 0.569 bits per heavy atom. The van der Waals surface area contributed by atoms with Crippen LogP contribution in [0.2, 0.25) is 0 Å². The van der Waals surface area contributed by atoms with E-state index in [4.69, 9.17) is 45.9 Å². The molecule has 13 nitrogen and oxygen atoms in total. The fourth-order valence-corrected chi connectivity index (χ4v) is 5.89. The molecule has 1 rings (SSSR count). The molecule has 444 valence electrons. The molecule has 0 unspecified atom stereocenters. The van der Waals surface area contributed by atoms with E-state index in [1.807, 2.05) is 6.20 Å². The third-order valence-corrected chi connectivity index (χ3v) is 10.6. The molecule has 0 spiro atoms. The standard InChI is InChI=1S/C12H28N2.2C8H20N2.C7H17N.C6H10N2.C6H15N.C5H13N.C4H11N.C3H9N/c1-2-3-4-5-6-7-8-11-14-12-9-10-13;1-2-7-10-8-5-3-4-6-9;1-2-3-4-7-10-8-5-6-9;1-2-3-4-5-6-7-8;1-2-3-6-4-7-5-8-6;1-2-3-4-5-6-7;1-2-3-4-5-6;1-2-3-4-5;1-2-3-4/h14H,2-13H2,1H3;2*10H,2-9H2,1H3;2-8H2,1H3;4-5H,2-3H2,1H3,(H,7,8);2-7H2,1H3;2-6H2,1H3;2-5H2,1H3;2-4H2,1H3. The smallest absolute Gasteiger partial charge is 0.0921 e. The lowest BCUT2D eigenvalue weighted by atomic mass is 10.1. The van der Waals surface area contributed by atoms with Crippen LogP contribution in [-0.2, 0) is 6.42 Å². The van der Waals surface area contributed by atoms with Gasteiger partial charge in [0, 0.05) is 11.9 Å². The van der Waals surface area contributed by atoms with Crippen LogP contribution in [0.25, 0.3) is 0 Å². The van der Waals surface area contributed by atoms with Crippen molar-refractivity contribution in [3.05, 3.63) is 18.2 Å². The van der Waals surface area contributed by atoms with Crippen molar-refractivity contribution in [3.8, 4) is 0 Å². The van der Waals surface area contributed by atoms with Crippen LogP contribution in [0.5, 0.6) is 0 Å². The lowest BCUT2D eigenvalue weighted by molar-refractivity contribution is 0.558. The van der Waals surface area contributed by atoms with E-state index in [1.165, 1.54) is 198 Å². The largest absolute Gasteiger partial charge is 0.348 e. The molecular weight excluding hydrogens is 891 g/mol. The van der Waals surface area contributed by atoms with Gasteiger partial charge in [0.05, 0.1) is 6.33 Å². The molecule has 0 saturated carbocycles. The SMILES string of the molecule is CCCCCCCCCNCCCN.CCCCCCCN.CCCCCCN.CCCCCN.CCCCCNCCCN.CCCCN.CCCN.CCCNCCCCCN.CCCc1cnc[nH]1. The lowest BCUT2D eigenvalue weighted by Gasteiger charge is -2.03. The second-order valence-electron chi connectivity index (χ2n) is 18.5. The fraction of sp³-hybridized carbons (Fsp3) is 0.949. The first-order valence-corrected chi connectivity index (χ1v) is 30.9. The zero-order valence-electron chi connectivity index (χ0n) is 51.0. The minimum atomic E-state index is 0.806. The molecule has 0 aromatic carbocycles. The molecule has 0 aliphatic rings. The summed E-state index contributed by atoms with van der Waals surface area (Å²) in [5, 5.41) is 10.1. The number of aromatic nitrogens is 2. The average molecular weight is 1030 g/mol. The van der Waals surface area contributed by atoms with Crippen molar-refractivity contribution < 1.29 is 0 Å². The van der Waals surface area contributed by atoms with Crippen LogP contribution in [0.3, 0.4) is 0 Å². The van der Waals surface area contributed by atoms with Crippen LogP contribution in [0.4, 0.5) is 0 Å². The summed E-state index contributed by atoms with van der Waals surface area (Å²) in [6.45, 7) is 33.1. The molecule has 0 bridgehead atoms. The second kappa shape index (κ2) is 106. The Labute approximate surface area is 454 Å². The van der Waals surface area contributed by atoms with Crippen LogP contribution < -0.4 is 61.8 Å². The Morgan fingerprint density at radius 3 is 0.875 bits per heavy atom. The number of unbranched alkanes of at least 4 members (excludes halogenated alkanes) is 20. The molecule has 1 aromatic rings. The van der Waals surface area contributed by atoms with E-state index in [2.05, 4.69) is 88.2 Å². The summed E-state index contributed by atoms with van der Waals surface area (Å²) in [6.07, 6.45) is 45.7. The number of rotatable bonds is 42. The molecule has 0 saturated heterocycles. The summed E-state index contributed by atoms with van der Waals surface area (Å²) in [5.41, 5.74) is 43.3. The van der Waals surface area contributed by atoms with Gasteiger partial charge in [0.1, 0.15) is 0 Å². The highest BCUT2D eigenvalue weighted by Gasteiger charge is 1.92. The van der Waals surface area contributed by atoms with Gasteiger partial charge < -0.3 is 66.8 Å². The predicted octanol–water partition coefficient (Wildman–Crippen LogP) is 11.9. The number of nitrogens with two attached hydrogens (primary N) is 8. The molecular formula is C59H143N13. The first-order valence-electron chi connectivity index (χ1n) is 30.9. The van der Waals surface area contributed by atoms with Crippen LogP contribution >= 0.6 is 0 Å². The van der Waals surface area contributed by atoms with Crippen LogP contribution in [0.15, 0.2) is 12.5 Å². The summed E-state index contributed by atoms with van der Waals surface area (Å²) >= 11 is 0. The summed E-state index contributed by atoms with van der Waals surface area (Å²) in [4.78, 5) is 6.91. The fourth-order valence-electron chi connectivity index (χ4n) is 5.89. The van der Waals surface area contributed by atoms with Gasteiger partial charge in [0.25, 0.3) is 0 Å². The summed E-state index contributed by atoms with van der Waals surface area (Å²) in [7, 11) is 0. The number of aromatic amines is 1. The maximum Gasteiger partial charge on any atom is 0.0921 e. The van der Waals surface area contributed by atoms with Gasteiger partial charge in [-0.25, -0.2) is 4.98 Å². The number of nitrogens with zero attached hydrogens (tertiary/aromatic N) is 1. The molecule has 0 aliphatic carbocycles. The van der Waals surface area contributed by atoms with Crippen LogP contribution in [0, 0.1) is 0 Å². The molecule has 0 aliphatic heterocycles. The van der Waals surface area contributed by atoms with Crippen molar-refractivity contribution in [1.82, 2.24) is 25.9 Å². The number of hydrogen-bond donors (Lipinski definition) is 12. The molecule has 13 heteroatoms. The van der Waals surface area contributed by atoms with Gasteiger partial charge in [-0.3, -0.25) is 0 Å². The monoisotopic (exact) mass is 1030 g/mol. The second-order valence-corrected chi connectivity index (χ2v) is 18.5. The van der Waals surface area contributed by atoms with Crippen molar-refractivity contribution in [2.45, 2.75) is 274 Å². The van der Waals surface area contributed by atoms with Gasteiger partial charge in [0.2, 0.25) is 0 Å². The van der Waals surface area contributed by atoms with Crippen LogP contribution in [0.1, 0.15) is 273 Å². The third-order valence-electron chi connectivity index (χ3n) is 10.6. The molecule has 1 aromatic heterocycles. The molecule has 1 heterocycles. The normalized spacial score (nSPS) is 9.74. The van der Waals surface area contributed by atoms with Gasteiger partial charge in [-0.05, 0) is 175 Å². The van der Waals surface area contributed by atoms with Crippen molar-refractivity contribution in [1.29, 1.82) is 0 Å². The topological polar surface area (TPSA) is 273 Å². The van der Waals surface area contributed by atoms with E-state index >= 15 is 0 Å². The highest BCUT2D eigenvalue weighted by atomic mass is 14.9. The van der Waals surface area contributed by atoms with Gasteiger partial charge in [-0.15, -0.1) is 0 Å². The molecule has 20 N–H and O–H groups in total. The van der Waals surface area contributed by atoms with E-state index in [9.17, 15) is 0 Å². The summed E-state index contributed by atoms with van der Waals surface area (Å²) in [6, 6.07) is 0. The summed E-state index contributed by atoms with van der Waals surface area (Å²) < 4.78 is 0. The number of nitrogens with one attached hydrogen (secondary N) is 4. The minimum absolute atomic E-state index is 0.806. The maximum absolute atomic E-state index is 5.40. The number of hydrogen-bond acceptors (Lipinski definition) is 12. The quantitative estimate of drug-likeness (QED) is 0.0273. The van der Waals surface area contributed by atoms with Gasteiger partial charge >= 0.3 is 0 Å². The Hall–Kier alpha value is -1.23. The van der Waals surface area contributed by atoms with Crippen molar-refractivity contribution >= 4 is 0 Å². The molecule has 0 fully saturated rings. The van der Waals surface area contributed by atoms with E-state index < -0.39 is 0 Å². The number of H-pyrrole nitrogens is 1. The van der Waals surface area contributed by atoms with Crippen LogP contribution in [-0.4, -0.2) is 102 Å². The molecule has 0 amide bonds. The maximum atomic E-state index is 5.40. The Morgan fingerprint density at radius 1 is 0.292 bits per heavy atom. The Bertz CT molecular complexity index is 761. The highest BCUT2D eigenvalue weighted by molar-refractivity contribution is 4.93. The highest BCUT2D eigenvalue weighted by Crippen LogP contribution is 2.06. The molecule has 0 radical (unpaired) electrons. The zero-order valence-corrected chi connectivity index (χ0v) is 51.0. The Kier molecular flexibility index (Phi) is 129. The Balaban J connectivity index is -0.000000109. The minimum Gasteiger partial charge on any atom is -0.348 e.